The van der Waals surface area contributed by atoms with Crippen molar-refractivity contribution in [1.82, 2.24) is 5.32 Å². The van der Waals surface area contributed by atoms with Gasteiger partial charge < -0.3 is 5.32 Å². The van der Waals surface area contributed by atoms with Crippen LogP contribution in [0.15, 0.2) is 9.85 Å². The predicted molar refractivity (Wildman–Crippen MR) is 82.3 cm³/mol. The zero-order valence-electron chi connectivity index (χ0n) is 11.0. The number of thiophene rings is 1. The van der Waals surface area contributed by atoms with Crippen molar-refractivity contribution in [2.45, 2.75) is 64.0 Å². The zero-order chi connectivity index (χ0) is 12.5. The molecule has 1 fully saturated rings. The molecule has 2 atom stereocenters. The van der Waals surface area contributed by atoms with Crippen LogP contribution >= 0.6 is 27.3 Å². The van der Waals surface area contributed by atoms with Gasteiger partial charge in [0.25, 0.3) is 0 Å². The highest BCUT2D eigenvalue weighted by molar-refractivity contribution is 9.11. The largest absolute Gasteiger partial charge is 0.307 e. The third-order valence-electron chi connectivity index (χ3n) is 4.65. The van der Waals surface area contributed by atoms with Gasteiger partial charge in [0.05, 0.1) is 3.79 Å². The van der Waals surface area contributed by atoms with Crippen LogP contribution in [-0.4, -0.2) is 6.04 Å². The maximum atomic E-state index is 3.92. The van der Waals surface area contributed by atoms with Gasteiger partial charge in [-0.1, -0.05) is 12.8 Å². The molecule has 100 valence electrons. The standard InChI is InChI=1S/C15H22BrNS/c1-10(11-5-2-3-6-11)17-13-7-4-8-14-12(13)9-15(16)18-14/h9-11,13,17H,2-8H2,1H3. The van der Waals surface area contributed by atoms with Crippen LogP contribution in [0.1, 0.15) is 61.9 Å². The summed E-state index contributed by atoms with van der Waals surface area (Å²) in [6.07, 6.45) is 9.68. The highest BCUT2D eigenvalue weighted by Crippen LogP contribution is 2.39. The summed E-state index contributed by atoms with van der Waals surface area (Å²) in [6, 6.07) is 3.63. The minimum Gasteiger partial charge on any atom is -0.307 e. The zero-order valence-corrected chi connectivity index (χ0v) is 13.4. The molecule has 1 N–H and O–H groups in total. The molecule has 3 rings (SSSR count). The van der Waals surface area contributed by atoms with Gasteiger partial charge in [0, 0.05) is 17.0 Å². The van der Waals surface area contributed by atoms with Gasteiger partial charge in [0.15, 0.2) is 0 Å². The quantitative estimate of drug-likeness (QED) is 0.818. The number of nitrogens with one attached hydrogen (secondary N) is 1. The maximum absolute atomic E-state index is 3.92. The van der Waals surface area contributed by atoms with E-state index in [4.69, 9.17) is 0 Å². The first-order chi connectivity index (χ1) is 8.74. The molecule has 1 aromatic heterocycles. The second-order valence-electron chi connectivity index (χ2n) is 5.87. The van der Waals surface area contributed by atoms with E-state index in [1.807, 2.05) is 11.3 Å². The number of hydrogen-bond acceptors (Lipinski definition) is 2. The summed E-state index contributed by atoms with van der Waals surface area (Å²) >= 11 is 5.57. The first kappa shape index (κ1) is 13.1. The van der Waals surface area contributed by atoms with Gasteiger partial charge in [-0.25, -0.2) is 0 Å². The second-order valence-corrected chi connectivity index (χ2v) is 8.39. The van der Waals surface area contributed by atoms with Crippen molar-refractivity contribution < 1.29 is 0 Å². The normalized spacial score (nSPS) is 26.2. The third-order valence-corrected chi connectivity index (χ3v) is 6.37. The summed E-state index contributed by atoms with van der Waals surface area (Å²) in [7, 11) is 0. The molecular weight excluding hydrogens is 306 g/mol. The Bertz CT molecular complexity index is 409. The Kier molecular flexibility index (Phi) is 4.12. The Labute approximate surface area is 122 Å². The van der Waals surface area contributed by atoms with E-state index in [0.29, 0.717) is 12.1 Å². The Balaban J connectivity index is 1.69. The van der Waals surface area contributed by atoms with Crippen LogP contribution in [0.4, 0.5) is 0 Å². The molecule has 3 heteroatoms. The summed E-state index contributed by atoms with van der Waals surface area (Å²) in [5.74, 6) is 0.914. The van der Waals surface area contributed by atoms with Gasteiger partial charge in [-0.3, -0.25) is 0 Å². The van der Waals surface area contributed by atoms with Crippen molar-refractivity contribution in [1.29, 1.82) is 0 Å². The summed E-state index contributed by atoms with van der Waals surface area (Å²) in [4.78, 5) is 1.60. The van der Waals surface area contributed by atoms with Crippen LogP contribution in [0.25, 0.3) is 0 Å². The Morgan fingerprint density at radius 1 is 1.28 bits per heavy atom. The smallest absolute Gasteiger partial charge is 0.0704 e. The summed E-state index contributed by atoms with van der Waals surface area (Å²) < 4.78 is 1.30. The van der Waals surface area contributed by atoms with Gasteiger partial charge in [0.2, 0.25) is 0 Å². The van der Waals surface area contributed by atoms with E-state index in [-0.39, 0.29) is 0 Å². The van der Waals surface area contributed by atoms with E-state index in [2.05, 4.69) is 34.2 Å². The van der Waals surface area contributed by atoms with Gasteiger partial charge in [0.1, 0.15) is 0 Å². The fourth-order valence-corrected chi connectivity index (χ4v) is 5.42. The molecule has 0 saturated heterocycles. The van der Waals surface area contributed by atoms with Crippen molar-refractivity contribution in [3.63, 3.8) is 0 Å². The van der Waals surface area contributed by atoms with Gasteiger partial charge in [-0.05, 0) is 72.5 Å². The minimum absolute atomic E-state index is 0.604. The van der Waals surface area contributed by atoms with Crippen molar-refractivity contribution in [2.75, 3.05) is 0 Å². The van der Waals surface area contributed by atoms with E-state index in [0.717, 1.165) is 5.92 Å². The van der Waals surface area contributed by atoms with Crippen LogP contribution in [0.2, 0.25) is 0 Å². The molecule has 2 aliphatic rings. The van der Waals surface area contributed by atoms with Crippen LogP contribution in [0, 0.1) is 5.92 Å². The van der Waals surface area contributed by atoms with Crippen molar-refractivity contribution in [3.8, 4) is 0 Å². The maximum Gasteiger partial charge on any atom is 0.0704 e. The number of hydrogen-bond donors (Lipinski definition) is 1. The lowest BCUT2D eigenvalue weighted by Crippen LogP contribution is -2.36. The number of halogens is 1. The van der Waals surface area contributed by atoms with Crippen molar-refractivity contribution >= 4 is 27.3 Å². The fraction of sp³-hybridized carbons (Fsp3) is 0.733. The molecule has 1 heterocycles. The molecule has 1 aromatic rings. The lowest BCUT2D eigenvalue weighted by molar-refractivity contribution is 0.325. The molecule has 0 spiro atoms. The van der Waals surface area contributed by atoms with Crippen molar-refractivity contribution in [2.24, 2.45) is 5.92 Å². The average molecular weight is 328 g/mol. The van der Waals surface area contributed by atoms with Gasteiger partial charge in [-0.15, -0.1) is 11.3 Å². The fourth-order valence-electron chi connectivity index (χ4n) is 3.61. The Morgan fingerprint density at radius 3 is 2.83 bits per heavy atom. The molecule has 1 nitrogen and oxygen atoms in total. The Morgan fingerprint density at radius 2 is 2.06 bits per heavy atom. The van der Waals surface area contributed by atoms with Crippen LogP contribution in [0.5, 0.6) is 0 Å². The van der Waals surface area contributed by atoms with Crippen LogP contribution in [0.3, 0.4) is 0 Å². The van der Waals surface area contributed by atoms with E-state index in [1.165, 1.54) is 48.7 Å². The highest BCUT2D eigenvalue weighted by Gasteiger charge is 2.27. The lowest BCUT2D eigenvalue weighted by Gasteiger charge is -2.30. The molecule has 0 radical (unpaired) electrons. The first-order valence-corrected chi connectivity index (χ1v) is 8.89. The summed E-state index contributed by atoms with van der Waals surface area (Å²) in [6.45, 7) is 2.39. The molecule has 0 aromatic carbocycles. The van der Waals surface area contributed by atoms with E-state index in [9.17, 15) is 0 Å². The van der Waals surface area contributed by atoms with E-state index < -0.39 is 0 Å². The summed E-state index contributed by atoms with van der Waals surface area (Å²) in [5.41, 5.74) is 1.57. The third kappa shape index (κ3) is 2.68. The second kappa shape index (κ2) is 5.64. The molecule has 0 bridgehead atoms. The minimum atomic E-state index is 0.604. The molecule has 18 heavy (non-hydrogen) atoms. The number of fused-ring (bicyclic) bond motifs is 1. The number of aryl methyl sites for hydroxylation is 1. The SMILES string of the molecule is CC(NC1CCCc2sc(Br)cc21)C1CCCC1. The van der Waals surface area contributed by atoms with Gasteiger partial charge >= 0.3 is 0 Å². The topological polar surface area (TPSA) is 12.0 Å². The molecule has 0 amide bonds. The van der Waals surface area contributed by atoms with Gasteiger partial charge in [-0.2, -0.15) is 0 Å². The molecule has 1 saturated carbocycles. The Hall–Kier alpha value is 0.140. The van der Waals surface area contributed by atoms with E-state index in [1.54, 1.807) is 10.4 Å². The molecule has 2 aliphatic carbocycles. The van der Waals surface area contributed by atoms with E-state index >= 15 is 0 Å². The number of rotatable bonds is 3. The first-order valence-electron chi connectivity index (χ1n) is 7.28. The monoisotopic (exact) mass is 327 g/mol. The molecule has 2 unspecified atom stereocenters. The van der Waals surface area contributed by atoms with Crippen molar-refractivity contribution in [3.05, 3.63) is 20.3 Å². The predicted octanol–water partition coefficient (Wildman–Crippen LogP) is 5.06. The molecule has 0 aliphatic heterocycles. The van der Waals surface area contributed by atoms with Crippen LogP contribution < -0.4 is 5.32 Å². The average Bonchev–Trinajstić information content (AvgIpc) is 2.96. The molecular formula is C15H22BrNS. The lowest BCUT2D eigenvalue weighted by atomic mass is 9.91. The summed E-state index contributed by atoms with van der Waals surface area (Å²) in [5, 5.41) is 3.92. The highest BCUT2D eigenvalue weighted by atomic mass is 79.9. The van der Waals surface area contributed by atoms with Crippen LogP contribution in [-0.2, 0) is 6.42 Å².